The maximum absolute atomic E-state index is 3.84. The number of aromatic nitrogens is 2. The van der Waals surface area contributed by atoms with Gasteiger partial charge in [-0.05, 0) is 23.1 Å². The monoisotopic (exact) mass is 288 g/mol. The van der Waals surface area contributed by atoms with Gasteiger partial charge in [-0.2, -0.15) is 0 Å². The van der Waals surface area contributed by atoms with Gasteiger partial charge in [0.05, 0.1) is 6.33 Å². The number of nitrogens with one attached hydrogen (secondary N) is 1. The van der Waals surface area contributed by atoms with E-state index >= 15 is 0 Å². The standard InChI is InChI=1S/C14H13B.C5H8N2/c15-11-14(12-7-3-1-4-8-12)13-9-5-2-6-10-13;1-2-5-3-6-4-7-5/h1-11H,15H2;3-4H,2H2,1H3,(H,6,7). The molecule has 1 aromatic heterocycles. The average Bonchev–Trinajstić information content (AvgIpc) is 3.12. The van der Waals surface area contributed by atoms with E-state index in [2.05, 4.69) is 79.2 Å². The predicted octanol–water partition coefficient (Wildman–Crippen LogP) is 3.68. The maximum atomic E-state index is 3.84. The van der Waals surface area contributed by atoms with Crippen LogP contribution in [0.4, 0.5) is 0 Å². The van der Waals surface area contributed by atoms with Gasteiger partial charge < -0.3 is 4.98 Å². The second kappa shape index (κ2) is 8.68. The number of aryl methyl sites for hydroxylation is 1. The predicted molar refractivity (Wildman–Crippen MR) is 96.5 cm³/mol. The second-order valence-corrected chi connectivity index (χ2v) is 4.86. The summed E-state index contributed by atoms with van der Waals surface area (Å²) in [6, 6.07) is 20.9. The zero-order chi connectivity index (χ0) is 15.6. The van der Waals surface area contributed by atoms with Crippen molar-refractivity contribution in [1.29, 1.82) is 0 Å². The van der Waals surface area contributed by atoms with Gasteiger partial charge >= 0.3 is 0 Å². The van der Waals surface area contributed by atoms with Crippen LogP contribution in [-0.4, -0.2) is 17.8 Å². The first-order valence-electron chi connectivity index (χ1n) is 7.59. The van der Waals surface area contributed by atoms with Crippen molar-refractivity contribution in [2.24, 2.45) is 0 Å². The zero-order valence-corrected chi connectivity index (χ0v) is 13.2. The second-order valence-electron chi connectivity index (χ2n) is 4.86. The molecule has 0 aliphatic rings. The van der Waals surface area contributed by atoms with Gasteiger partial charge in [0.2, 0.25) is 0 Å². The molecule has 1 N–H and O–H groups in total. The molecule has 1 heterocycles. The summed E-state index contributed by atoms with van der Waals surface area (Å²) in [6.45, 7) is 2.09. The highest BCUT2D eigenvalue weighted by molar-refractivity contribution is 6.21. The highest BCUT2D eigenvalue weighted by Gasteiger charge is 2.01. The molecule has 3 rings (SSSR count). The molecule has 22 heavy (non-hydrogen) atoms. The molecule has 2 nitrogen and oxygen atoms in total. The lowest BCUT2D eigenvalue weighted by Gasteiger charge is -2.07. The van der Waals surface area contributed by atoms with E-state index in [1.54, 1.807) is 6.33 Å². The summed E-state index contributed by atoms with van der Waals surface area (Å²) in [6.07, 6.45) is 4.57. The van der Waals surface area contributed by atoms with Crippen molar-refractivity contribution in [2.45, 2.75) is 13.3 Å². The van der Waals surface area contributed by atoms with Crippen molar-refractivity contribution in [1.82, 2.24) is 9.97 Å². The molecular weight excluding hydrogens is 267 g/mol. The number of aromatic amines is 1. The molecule has 0 bridgehead atoms. The Morgan fingerprint density at radius 1 is 1.00 bits per heavy atom. The molecular formula is C19H21BN2. The molecule has 2 aromatic carbocycles. The molecule has 3 aromatic rings. The number of hydrogen-bond donors (Lipinski definition) is 1. The minimum absolute atomic E-state index is 1.04. The number of hydrogen-bond acceptors (Lipinski definition) is 1. The number of rotatable bonds is 3. The first kappa shape index (κ1) is 15.8. The molecule has 0 atom stereocenters. The number of nitrogens with zero attached hydrogens (tertiary/aromatic N) is 1. The molecule has 0 fully saturated rings. The van der Waals surface area contributed by atoms with Crippen LogP contribution in [0, 0.1) is 0 Å². The molecule has 0 aliphatic carbocycles. The Morgan fingerprint density at radius 2 is 1.55 bits per heavy atom. The van der Waals surface area contributed by atoms with E-state index in [0.717, 1.165) is 6.42 Å². The van der Waals surface area contributed by atoms with Crippen molar-refractivity contribution in [2.75, 3.05) is 0 Å². The van der Waals surface area contributed by atoms with E-state index in [0.29, 0.717) is 0 Å². The van der Waals surface area contributed by atoms with Crippen LogP contribution in [-0.2, 0) is 6.42 Å². The van der Waals surface area contributed by atoms with Crippen LogP contribution in [0.2, 0.25) is 0 Å². The van der Waals surface area contributed by atoms with E-state index in [9.17, 15) is 0 Å². The van der Waals surface area contributed by atoms with Crippen molar-refractivity contribution in [3.8, 4) is 0 Å². The summed E-state index contributed by atoms with van der Waals surface area (Å²) in [4.78, 5) is 6.81. The number of benzene rings is 2. The summed E-state index contributed by atoms with van der Waals surface area (Å²) in [5.41, 5.74) is 5.02. The molecule has 0 aliphatic heterocycles. The van der Waals surface area contributed by atoms with Crippen LogP contribution in [0.25, 0.3) is 5.57 Å². The van der Waals surface area contributed by atoms with Gasteiger partial charge in [-0.15, -0.1) is 5.98 Å². The summed E-state index contributed by atoms with van der Waals surface area (Å²) >= 11 is 0. The summed E-state index contributed by atoms with van der Waals surface area (Å²) in [5.74, 6) is 2.16. The Bertz CT molecular complexity index is 632. The van der Waals surface area contributed by atoms with E-state index in [-0.39, 0.29) is 0 Å². The van der Waals surface area contributed by atoms with Crippen molar-refractivity contribution >= 4 is 13.4 Å². The Hall–Kier alpha value is -2.55. The van der Waals surface area contributed by atoms with E-state index < -0.39 is 0 Å². The summed E-state index contributed by atoms with van der Waals surface area (Å²) < 4.78 is 0. The minimum atomic E-state index is 1.04. The number of H-pyrrole nitrogens is 1. The lowest BCUT2D eigenvalue weighted by atomic mass is 9.92. The largest absolute Gasteiger partial charge is 0.349 e. The maximum Gasteiger partial charge on any atom is 0.130 e. The van der Waals surface area contributed by atoms with Gasteiger partial charge in [-0.1, -0.05) is 67.6 Å². The first-order chi connectivity index (χ1) is 10.8. The fourth-order valence-electron chi connectivity index (χ4n) is 2.21. The van der Waals surface area contributed by atoms with Crippen LogP contribution < -0.4 is 0 Å². The SMILES string of the molecule is BC=C(c1ccccc1)c1ccccc1.CCc1cnc[nH]1. The Labute approximate surface area is 133 Å². The molecule has 0 saturated carbocycles. The van der Waals surface area contributed by atoms with Gasteiger partial charge in [-0.25, -0.2) is 4.98 Å². The van der Waals surface area contributed by atoms with Crippen LogP contribution in [0.15, 0.2) is 79.2 Å². The number of imidazole rings is 1. The fourth-order valence-corrected chi connectivity index (χ4v) is 2.21. The lowest BCUT2D eigenvalue weighted by Crippen LogP contribution is -1.87. The Balaban J connectivity index is 0.000000211. The van der Waals surface area contributed by atoms with Crippen LogP contribution in [0.3, 0.4) is 0 Å². The molecule has 110 valence electrons. The third kappa shape index (κ3) is 4.49. The molecule has 3 heteroatoms. The van der Waals surface area contributed by atoms with Crippen LogP contribution >= 0.6 is 0 Å². The highest BCUT2D eigenvalue weighted by atomic mass is 14.8. The Kier molecular flexibility index (Phi) is 6.25. The van der Waals surface area contributed by atoms with E-state index in [1.807, 2.05) is 18.3 Å². The van der Waals surface area contributed by atoms with Gasteiger partial charge in [0.15, 0.2) is 0 Å². The van der Waals surface area contributed by atoms with E-state index in [1.165, 1.54) is 22.4 Å². The normalized spacial score (nSPS) is 9.50. The van der Waals surface area contributed by atoms with Gasteiger partial charge in [0.25, 0.3) is 0 Å². The molecule has 0 spiro atoms. The van der Waals surface area contributed by atoms with Crippen molar-refractivity contribution in [3.63, 3.8) is 0 Å². The fraction of sp³-hybridized carbons (Fsp3) is 0.105. The highest BCUT2D eigenvalue weighted by Crippen LogP contribution is 2.21. The summed E-state index contributed by atoms with van der Waals surface area (Å²) in [7, 11) is 2.08. The van der Waals surface area contributed by atoms with Crippen molar-refractivity contribution < 1.29 is 0 Å². The van der Waals surface area contributed by atoms with Gasteiger partial charge in [0, 0.05) is 11.9 Å². The first-order valence-corrected chi connectivity index (χ1v) is 7.59. The van der Waals surface area contributed by atoms with Gasteiger partial charge in [0.1, 0.15) is 7.85 Å². The minimum Gasteiger partial charge on any atom is -0.349 e. The van der Waals surface area contributed by atoms with Crippen molar-refractivity contribution in [3.05, 3.63) is 96.0 Å². The lowest BCUT2D eigenvalue weighted by molar-refractivity contribution is 1.06. The Morgan fingerprint density at radius 3 is 1.86 bits per heavy atom. The molecule has 0 unspecified atom stereocenters. The van der Waals surface area contributed by atoms with Crippen LogP contribution in [0.5, 0.6) is 0 Å². The molecule has 0 radical (unpaired) electrons. The van der Waals surface area contributed by atoms with Crippen LogP contribution in [0.1, 0.15) is 23.7 Å². The summed E-state index contributed by atoms with van der Waals surface area (Å²) in [5, 5.41) is 0. The van der Waals surface area contributed by atoms with E-state index in [4.69, 9.17) is 0 Å². The third-order valence-corrected chi connectivity index (χ3v) is 3.39. The molecule has 0 saturated heterocycles. The smallest absolute Gasteiger partial charge is 0.130 e. The third-order valence-electron chi connectivity index (χ3n) is 3.39. The topological polar surface area (TPSA) is 28.7 Å². The average molecular weight is 288 g/mol. The zero-order valence-electron chi connectivity index (χ0n) is 13.2. The molecule has 0 amide bonds. The van der Waals surface area contributed by atoms with Gasteiger partial charge in [-0.3, -0.25) is 0 Å². The quantitative estimate of drug-likeness (QED) is 0.732.